The number of nitrogens with one attached hydrogen (secondary N) is 1. The molecule has 3 aromatic rings. The summed E-state index contributed by atoms with van der Waals surface area (Å²) in [7, 11) is 0. The predicted octanol–water partition coefficient (Wildman–Crippen LogP) is 5.19. The monoisotopic (exact) mass is 392 g/mol. The molecule has 0 fully saturated rings. The van der Waals surface area contributed by atoms with Crippen LogP contribution >= 0.6 is 11.6 Å². The van der Waals surface area contributed by atoms with Crippen LogP contribution in [-0.4, -0.2) is 15.0 Å². The molecule has 0 unspecified atom stereocenters. The normalized spacial score (nSPS) is 15.0. The van der Waals surface area contributed by atoms with E-state index in [2.05, 4.69) is 20.3 Å². The molecule has 3 heterocycles. The van der Waals surface area contributed by atoms with Crippen molar-refractivity contribution in [1.82, 2.24) is 15.0 Å². The number of alkyl halides is 3. The van der Waals surface area contributed by atoms with Crippen LogP contribution in [0.5, 0.6) is 0 Å². The largest absolute Gasteiger partial charge is 0.416 e. The molecule has 1 aliphatic rings. The molecule has 1 aliphatic heterocycles. The fraction of sp³-hybridized carbons (Fsp3) is 0.316. The minimum atomic E-state index is -4.37. The van der Waals surface area contributed by atoms with Crippen molar-refractivity contribution >= 4 is 28.3 Å². The van der Waals surface area contributed by atoms with E-state index in [1.807, 2.05) is 0 Å². The van der Waals surface area contributed by atoms with Crippen LogP contribution in [0, 0.1) is 0 Å². The van der Waals surface area contributed by atoms with Crippen molar-refractivity contribution in [3.63, 3.8) is 0 Å². The van der Waals surface area contributed by atoms with E-state index in [0.717, 1.165) is 6.07 Å². The number of aromatic nitrogens is 3. The van der Waals surface area contributed by atoms with Gasteiger partial charge in [-0.25, -0.2) is 15.0 Å². The molecule has 2 bridgehead atoms. The number of rotatable bonds is 0. The van der Waals surface area contributed by atoms with E-state index < -0.39 is 11.7 Å². The minimum absolute atomic E-state index is 0.241. The van der Waals surface area contributed by atoms with E-state index in [1.165, 1.54) is 6.07 Å². The van der Waals surface area contributed by atoms with Crippen molar-refractivity contribution in [2.75, 3.05) is 5.32 Å². The van der Waals surface area contributed by atoms with Crippen LogP contribution in [0.15, 0.2) is 30.5 Å². The SMILES string of the molecule is FC(F)(F)c1cccc2c1CCCCc1nc(c3cc(Cl)ncc3n1)NC2. The lowest BCUT2D eigenvalue weighted by Crippen LogP contribution is -2.13. The van der Waals surface area contributed by atoms with Crippen molar-refractivity contribution in [1.29, 1.82) is 0 Å². The number of nitrogens with zero attached hydrogens (tertiary/aromatic N) is 3. The van der Waals surface area contributed by atoms with E-state index in [4.69, 9.17) is 11.6 Å². The Morgan fingerprint density at radius 2 is 1.89 bits per heavy atom. The summed E-state index contributed by atoms with van der Waals surface area (Å²) < 4.78 is 40.3. The zero-order valence-electron chi connectivity index (χ0n) is 14.3. The lowest BCUT2D eigenvalue weighted by Gasteiger charge is -2.17. The van der Waals surface area contributed by atoms with Gasteiger partial charge >= 0.3 is 6.18 Å². The second-order valence-electron chi connectivity index (χ2n) is 6.51. The number of benzene rings is 1. The van der Waals surface area contributed by atoms with Gasteiger partial charge in [-0.3, -0.25) is 0 Å². The lowest BCUT2D eigenvalue weighted by atomic mass is 9.95. The van der Waals surface area contributed by atoms with Gasteiger partial charge in [-0.05, 0) is 42.5 Å². The quantitative estimate of drug-likeness (QED) is 0.535. The van der Waals surface area contributed by atoms with Gasteiger partial charge in [-0.1, -0.05) is 23.7 Å². The molecule has 1 N–H and O–H groups in total. The number of hydrogen-bond donors (Lipinski definition) is 1. The first-order valence-electron chi connectivity index (χ1n) is 8.66. The van der Waals surface area contributed by atoms with Crippen LogP contribution in [0.1, 0.15) is 35.4 Å². The van der Waals surface area contributed by atoms with Gasteiger partial charge in [-0.2, -0.15) is 13.2 Å². The summed E-state index contributed by atoms with van der Waals surface area (Å²) in [5, 5.41) is 4.19. The first-order chi connectivity index (χ1) is 12.9. The Labute approximate surface area is 158 Å². The van der Waals surface area contributed by atoms with Crippen molar-refractivity contribution < 1.29 is 13.2 Å². The molecule has 4 rings (SSSR count). The second-order valence-corrected chi connectivity index (χ2v) is 6.90. The highest BCUT2D eigenvalue weighted by atomic mass is 35.5. The fourth-order valence-corrected chi connectivity index (χ4v) is 3.58. The highest BCUT2D eigenvalue weighted by Gasteiger charge is 2.33. The summed E-state index contributed by atoms with van der Waals surface area (Å²) in [4.78, 5) is 13.1. The number of anilines is 1. The van der Waals surface area contributed by atoms with Gasteiger partial charge in [-0.15, -0.1) is 0 Å². The Kier molecular flexibility index (Phi) is 4.63. The van der Waals surface area contributed by atoms with E-state index in [9.17, 15) is 13.2 Å². The van der Waals surface area contributed by atoms with Gasteiger partial charge in [0.05, 0.1) is 17.3 Å². The molecule has 27 heavy (non-hydrogen) atoms. The number of pyridine rings is 1. The Morgan fingerprint density at radius 3 is 2.70 bits per heavy atom. The third-order valence-corrected chi connectivity index (χ3v) is 4.90. The molecule has 0 saturated heterocycles. The zero-order valence-corrected chi connectivity index (χ0v) is 15.0. The van der Waals surface area contributed by atoms with Crippen LogP contribution in [0.25, 0.3) is 10.9 Å². The summed E-state index contributed by atoms with van der Waals surface area (Å²) in [6.07, 6.45) is -0.474. The third-order valence-electron chi connectivity index (χ3n) is 4.70. The summed E-state index contributed by atoms with van der Waals surface area (Å²) in [5.74, 6) is 1.21. The molecule has 0 amide bonds. The van der Waals surface area contributed by atoms with E-state index in [1.54, 1.807) is 18.3 Å². The Hall–Kier alpha value is -2.41. The van der Waals surface area contributed by atoms with Crippen molar-refractivity contribution in [2.24, 2.45) is 0 Å². The van der Waals surface area contributed by atoms with Gasteiger partial charge in [0.1, 0.15) is 16.8 Å². The standard InChI is InChI=1S/C19H16ClF3N4/c20-16-8-13-15(10-24-16)26-17-7-2-1-5-12-11(9-25-18(13)27-17)4-3-6-14(12)19(21,22)23/h3-4,6,8,10H,1-2,5,7,9H2,(H,25,26,27). The van der Waals surface area contributed by atoms with Crippen molar-refractivity contribution in [3.05, 3.63) is 58.1 Å². The Morgan fingerprint density at radius 1 is 1.07 bits per heavy atom. The lowest BCUT2D eigenvalue weighted by molar-refractivity contribution is -0.138. The Balaban J connectivity index is 1.80. The Bertz CT molecular complexity index is 1000. The summed E-state index contributed by atoms with van der Waals surface area (Å²) in [5.41, 5.74) is 1.08. The van der Waals surface area contributed by atoms with Crippen LogP contribution in [0.2, 0.25) is 5.15 Å². The first kappa shape index (κ1) is 18.0. The number of aryl methyl sites for hydroxylation is 1. The zero-order chi connectivity index (χ0) is 19.0. The van der Waals surface area contributed by atoms with Gasteiger partial charge in [0.15, 0.2) is 0 Å². The van der Waals surface area contributed by atoms with Crippen molar-refractivity contribution in [2.45, 2.75) is 38.4 Å². The van der Waals surface area contributed by atoms with Gasteiger partial charge in [0.2, 0.25) is 0 Å². The molecule has 0 atom stereocenters. The summed E-state index contributed by atoms with van der Waals surface area (Å²) in [6, 6.07) is 6.00. The minimum Gasteiger partial charge on any atom is -0.365 e. The molecule has 0 aliphatic carbocycles. The third kappa shape index (κ3) is 3.69. The molecule has 1 aromatic carbocycles. The number of hydrogen-bond acceptors (Lipinski definition) is 4. The molecule has 8 heteroatoms. The van der Waals surface area contributed by atoms with Crippen LogP contribution in [-0.2, 0) is 25.6 Å². The molecular weight excluding hydrogens is 377 g/mol. The predicted molar refractivity (Wildman–Crippen MR) is 97.8 cm³/mol. The average molecular weight is 393 g/mol. The van der Waals surface area contributed by atoms with Gasteiger partial charge in [0, 0.05) is 18.4 Å². The van der Waals surface area contributed by atoms with Crippen LogP contribution < -0.4 is 5.32 Å². The van der Waals surface area contributed by atoms with Crippen molar-refractivity contribution in [3.8, 4) is 0 Å². The first-order valence-corrected chi connectivity index (χ1v) is 9.03. The van der Waals surface area contributed by atoms with Gasteiger partial charge < -0.3 is 5.32 Å². The van der Waals surface area contributed by atoms with Crippen LogP contribution in [0.3, 0.4) is 0 Å². The molecule has 2 aromatic heterocycles. The highest BCUT2D eigenvalue weighted by molar-refractivity contribution is 6.30. The molecule has 0 saturated carbocycles. The summed E-state index contributed by atoms with van der Waals surface area (Å²) >= 11 is 6.00. The second kappa shape index (κ2) is 6.96. The highest BCUT2D eigenvalue weighted by Crippen LogP contribution is 2.35. The maximum atomic E-state index is 13.4. The molecule has 140 valence electrons. The maximum absolute atomic E-state index is 13.4. The van der Waals surface area contributed by atoms with Gasteiger partial charge in [0.25, 0.3) is 0 Å². The smallest absolute Gasteiger partial charge is 0.365 e. The van der Waals surface area contributed by atoms with E-state index in [0.29, 0.717) is 64.5 Å². The molecule has 0 radical (unpaired) electrons. The number of halogens is 4. The van der Waals surface area contributed by atoms with E-state index >= 15 is 0 Å². The maximum Gasteiger partial charge on any atom is 0.416 e. The molecule has 0 spiro atoms. The molecule has 4 nitrogen and oxygen atoms in total. The topological polar surface area (TPSA) is 50.7 Å². The van der Waals surface area contributed by atoms with Crippen LogP contribution in [0.4, 0.5) is 19.0 Å². The molecular formula is C19H16ClF3N4. The fourth-order valence-electron chi connectivity index (χ4n) is 3.43. The average Bonchev–Trinajstić information content (AvgIpc) is 2.65. The number of fused-ring (bicyclic) bond motifs is 5. The summed E-state index contributed by atoms with van der Waals surface area (Å²) in [6.45, 7) is 0.241. The van der Waals surface area contributed by atoms with E-state index in [-0.39, 0.29) is 6.54 Å².